The molecule has 8 heteroatoms. The first-order chi connectivity index (χ1) is 10.4. The second kappa shape index (κ2) is 7.54. The van der Waals surface area contributed by atoms with Crippen molar-refractivity contribution in [1.82, 2.24) is 14.5 Å². The molecule has 22 heavy (non-hydrogen) atoms. The average Bonchev–Trinajstić information content (AvgIpc) is 2.47. The largest absolute Gasteiger partial charge is 0.351 e. The maximum absolute atomic E-state index is 11.9. The lowest BCUT2D eigenvalue weighted by Gasteiger charge is -2.33. The first kappa shape index (κ1) is 17.4. The summed E-state index contributed by atoms with van der Waals surface area (Å²) in [5, 5.41) is 2.88. The van der Waals surface area contributed by atoms with Gasteiger partial charge in [-0.25, -0.2) is 8.42 Å². The monoisotopic (exact) mass is 389 g/mol. The van der Waals surface area contributed by atoms with Crippen LogP contribution in [0.4, 0.5) is 0 Å². The number of benzene rings is 1. The van der Waals surface area contributed by atoms with Gasteiger partial charge in [-0.2, -0.15) is 4.31 Å². The van der Waals surface area contributed by atoms with Crippen molar-refractivity contribution in [2.24, 2.45) is 0 Å². The van der Waals surface area contributed by atoms with E-state index in [0.29, 0.717) is 38.3 Å². The van der Waals surface area contributed by atoms with Gasteiger partial charge in [-0.1, -0.05) is 15.9 Å². The molecule has 1 aromatic rings. The number of hydrogen-bond acceptors (Lipinski definition) is 4. The first-order valence-electron chi connectivity index (χ1n) is 7.07. The molecule has 1 fully saturated rings. The second-order valence-corrected chi connectivity index (χ2v) is 8.16. The Hall–Kier alpha value is -0.960. The number of nitrogens with one attached hydrogen (secondary N) is 1. The van der Waals surface area contributed by atoms with Gasteiger partial charge in [-0.15, -0.1) is 0 Å². The summed E-state index contributed by atoms with van der Waals surface area (Å²) in [5.41, 5.74) is 0.630. The normalized spacial score (nSPS) is 17.4. The molecule has 0 aliphatic carbocycles. The maximum Gasteiger partial charge on any atom is 0.251 e. The van der Waals surface area contributed by atoms with Crippen molar-refractivity contribution in [3.63, 3.8) is 0 Å². The third kappa shape index (κ3) is 5.05. The molecule has 0 radical (unpaired) electrons. The molecule has 1 aromatic carbocycles. The Labute approximate surface area is 139 Å². The summed E-state index contributed by atoms with van der Waals surface area (Å²) in [6.45, 7) is 3.69. The van der Waals surface area contributed by atoms with Gasteiger partial charge in [-0.3, -0.25) is 9.69 Å². The molecule has 2 rings (SSSR count). The summed E-state index contributed by atoms with van der Waals surface area (Å²) < 4.78 is 25.3. The van der Waals surface area contributed by atoms with Gasteiger partial charge in [0.1, 0.15) is 0 Å². The number of carbonyl (C=O) groups excluding carboxylic acids is 1. The van der Waals surface area contributed by atoms with Crippen LogP contribution in [0.3, 0.4) is 0 Å². The minimum atomic E-state index is -3.09. The van der Waals surface area contributed by atoms with Crippen LogP contribution < -0.4 is 5.32 Å². The zero-order valence-electron chi connectivity index (χ0n) is 12.5. The number of halogens is 1. The fourth-order valence-electron chi connectivity index (χ4n) is 2.32. The Morgan fingerprint density at radius 3 is 2.32 bits per heavy atom. The standard InChI is InChI=1S/C14H20BrN3O3S/c1-22(20,21)18-10-8-17(9-11-18)7-6-16-14(19)12-2-4-13(15)5-3-12/h2-5H,6-11H2,1H3,(H,16,19). The van der Waals surface area contributed by atoms with E-state index in [1.807, 2.05) is 12.1 Å². The van der Waals surface area contributed by atoms with Crippen molar-refractivity contribution < 1.29 is 13.2 Å². The number of nitrogens with zero attached hydrogens (tertiary/aromatic N) is 2. The van der Waals surface area contributed by atoms with Crippen molar-refractivity contribution in [2.75, 3.05) is 45.5 Å². The summed E-state index contributed by atoms with van der Waals surface area (Å²) >= 11 is 3.33. The van der Waals surface area contributed by atoms with Crippen molar-refractivity contribution in [1.29, 1.82) is 0 Å². The molecule has 1 aliphatic heterocycles. The highest BCUT2D eigenvalue weighted by atomic mass is 79.9. The minimum absolute atomic E-state index is 0.0951. The molecular weight excluding hydrogens is 370 g/mol. The highest BCUT2D eigenvalue weighted by molar-refractivity contribution is 9.10. The molecule has 0 bridgehead atoms. The van der Waals surface area contributed by atoms with Crippen LogP contribution in [0.2, 0.25) is 0 Å². The molecule has 1 saturated heterocycles. The van der Waals surface area contributed by atoms with Crippen molar-refractivity contribution in [3.8, 4) is 0 Å². The van der Waals surface area contributed by atoms with E-state index < -0.39 is 10.0 Å². The lowest BCUT2D eigenvalue weighted by Crippen LogP contribution is -2.49. The van der Waals surface area contributed by atoms with E-state index in [1.54, 1.807) is 12.1 Å². The van der Waals surface area contributed by atoms with E-state index in [1.165, 1.54) is 10.6 Å². The third-order valence-corrected chi connectivity index (χ3v) is 5.45. The SMILES string of the molecule is CS(=O)(=O)N1CCN(CCNC(=O)c2ccc(Br)cc2)CC1. The van der Waals surface area contributed by atoms with Gasteiger partial charge in [0.05, 0.1) is 6.26 Å². The molecule has 0 aromatic heterocycles. The highest BCUT2D eigenvalue weighted by Gasteiger charge is 2.22. The summed E-state index contributed by atoms with van der Waals surface area (Å²) in [5.74, 6) is -0.0951. The number of rotatable bonds is 5. The van der Waals surface area contributed by atoms with Crippen molar-refractivity contribution in [2.45, 2.75) is 0 Å². The Bertz CT molecular complexity index is 611. The van der Waals surface area contributed by atoms with Crippen LogP contribution in [0.1, 0.15) is 10.4 Å². The lowest BCUT2D eigenvalue weighted by molar-refractivity contribution is 0.0945. The van der Waals surface area contributed by atoms with Crippen LogP contribution in [0.15, 0.2) is 28.7 Å². The third-order valence-electron chi connectivity index (χ3n) is 3.62. The van der Waals surface area contributed by atoms with E-state index in [0.717, 1.165) is 11.0 Å². The van der Waals surface area contributed by atoms with Crippen molar-refractivity contribution >= 4 is 31.9 Å². The van der Waals surface area contributed by atoms with Gasteiger partial charge in [0.25, 0.3) is 5.91 Å². The number of sulfonamides is 1. The van der Waals surface area contributed by atoms with Gasteiger partial charge < -0.3 is 5.32 Å². The summed E-state index contributed by atoms with van der Waals surface area (Å²) in [6.07, 6.45) is 1.24. The zero-order chi connectivity index (χ0) is 16.2. The first-order valence-corrected chi connectivity index (χ1v) is 9.71. The molecule has 0 unspecified atom stereocenters. The minimum Gasteiger partial charge on any atom is -0.351 e. The van der Waals surface area contributed by atoms with E-state index in [9.17, 15) is 13.2 Å². The molecule has 0 atom stereocenters. The van der Waals surface area contributed by atoms with E-state index >= 15 is 0 Å². The summed E-state index contributed by atoms with van der Waals surface area (Å²) in [7, 11) is -3.09. The Kier molecular flexibility index (Phi) is 5.96. The molecule has 6 nitrogen and oxygen atoms in total. The van der Waals surface area contributed by atoms with Crippen LogP contribution in [0.5, 0.6) is 0 Å². The van der Waals surface area contributed by atoms with Crippen LogP contribution in [-0.4, -0.2) is 69.1 Å². The van der Waals surface area contributed by atoms with Crippen LogP contribution in [0.25, 0.3) is 0 Å². The number of hydrogen-bond donors (Lipinski definition) is 1. The Morgan fingerprint density at radius 2 is 1.77 bits per heavy atom. The van der Waals surface area contributed by atoms with Crippen LogP contribution in [0, 0.1) is 0 Å². The molecule has 1 amide bonds. The fraction of sp³-hybridized carbons (Fsp3) is 0.500. The second-order valence-electron chi connectivity index (χ2n) is 5.27. The van der Waals surface area contributed by atoms with Crippen LogP contribution >= 0.6 is 15.9 Å². The quantitative estimate of drug-likeness (QED) is 0.806. The highest BCUT2D eigenvalue weighted by Crippen LogP contribution is 2.10. The Balaban J connectivity index is 1.71. The van der Waals surface area contributed by atoms with Crippen molar-refractivity contribution in [3.05, 3.63) is 34.3 Å². The topological polar surface area (TPSA) is 69.7 Å². The average molecular weight is 390 g/mol. The number of piperazine rings is 1. The van der Waals surface area contributed by atoms with Gasteiger partial charge in [0.2, 0.25) is 10.0 Å². The fourth-order valence-corrected chi connectivity index (χ4v) is 3.41. The van der Waals surface area contributed by atoms with E-state index in [-0.39, 0.29) is 5.91 Å². The lowest BCUT2D eigenvalue weighted by atomic mass is 10.2. The molecular formula is C14H20BrN3O3S. The predicted molar refractivity (Wildman–Crippen MR) is 89.3 cm³/mol. The Morgan fingerprint density at radius 1 is 1.18 bits per heavy atom. The molecule has 0 saturated carbocycles. The van der Waals surface area contributed by atoms with E-state index in [4.69, 9.17) is 0 Å². The molecule has 1 N–H and O–H groups in total. The molecule has 1 heterocycles. The molecule has 122 valence electrons. The smallest absolute Gasteiger partial charge is 0.251 e. The van der Waals surface area contributed by atoms with Gasteiger partial charge >= 0.3 is 0 Å². The number of amides is 1. The van der Waals surface area contributed by atoms with Gasteiger partial charge in [0, 0.05) is 49.3 Å². The van der Waals surface area contributed by atoms with Gasteiger partial charge in [0.15, 0.2) is 0 Å². The summed E-state index contributed by atoms with van der Waals surface area (Å²) in [6, 6.07) is 7.20. The molecule has 1 aliphatic rings. The number of carbonyl (C=O) groups is 1. The molecule has 0 spiro atoms. The summed E-state index contributed by atoms with van der Waals surface area (Å²) in [4.78, 5) is 14.1. The zero-order valence-corrected chi connectivity index (χ0v) is 14.9. The predicted octanol–water partition coefficient (Wildman–Crippen LogP) is 0.756. The van der Waals surface area contributed by atoms with Gasteiger partial charge in [-0.05, 0) is 24.3 Å². The van der Waals surface area contributed by atoms with Crippen LogP contribution in [-0.2, 0) is 10.0 Å². The van der Waals surface area contributed by atoms with E-state index in [2.05, 4.69) is 26.1 Å². The maximum atomic E-state index is 11.9.